The van der Waals surface area contributed by atoms with Gasteiger partial charge in [0.15, 0.2) is 0 Å². The van der Waals surface area contributed by atoms with Crippen LogP contribution in [0.3, 0.4) is 0 Å². The molecule has 30 heavy (non-hydrogen) atoms. The molecule has 0 aliphatic carbocycles. The van der Waals surface area contributed by atoms with Crippen LogP contribution in [-0.2, 0) is 0 Å². The Morgan fingerprint density at radius 3 is 2.30 bits per heavy atom. The van der Waals surface area contributed by atoms with Crippen LogP contribution in [0, 0.1) is 0 Å². The van der Waals surface area contributed by atoms with E-state index in [1.54, 1.807) is 59.3 Å². The summed E-state index contributed by atoms with van der Waals surface area (Å²) >= 11 is 0. The van der Waals surface area contributed by atoms with E-state index in [-0.39, 0.29) is 17.1 Å². The summed E-state index contributed by atoms with van der Waals surface area (Å²) in [6, 6.07) is 17.9. The molecule has 150 valence electrons. The zero-order valence-electron chi connectivity index (χ0n) is 16.0. The van der Waals surface area contributed by atoms with Crippen molar-refractivity contribution in [1.29, 1.82) is 0 Å². The van der Waals surface area contributed by atoms with Crippen LogP contribution >= 0.6 is 0 Å². The molecule has 0 spiro atoms. The molecule has 1 heterocycles. The molecule has 0 atom stereocenters. The third-order valence-electron chi connectivity index (χ3n) is 4.72. The first-order chi connectivity index (χ1) is 14.5. The van der Waals surface area contributed by atoms with E-state index in [9.17, 15) is 15.0 Å². The van der Waals surface area contributed by atoms with Crippen LogP contribution in [0.25, 0.3) is 28.3 Å². The van der Waals surface area contributed by atoms with Gasteiger partial charge in [-0.3, -0.25) is 4.57 Å². The van der Waals surface area contributed by atoms with Crippen molar-refractivity contribution in [3.8, 4) is 45.6 Å². The van der Waals surface area contributed by atoms with Gasteiger partial charge in [-0.15, -0.1) is 0 Å². The second-order valence-corrected chi connectivity index (χ2v) is 6.57. The fraction of sp³-hybridized carbons (Fsp3) is 0.0435. The summed E-state index contributed by atoms with van der Waals surface area (Å²) in [5.41, 5.74) is 2.24. The molecule has 0 amide bonds. The maximum Gasteiger partial charge on any atom is 0.335 e. The number of carbonyl (C=O) groups is 1. The number of nitrogens with zero attached hydrogens (tertiary/aromatic N) is 2. The van der Waals surface area contributed by atoms with Gasteiger partial charge in [0.1, 0.15) is 23.1 Å². The molecule has 7 nitrogen and oxygen atoms in total. The SMILES string of the molecule is COc1ccc(O)c(-c2cn(-c3ccc(C(=O)O)cc3)c(-c3ccccc3O)n2)c1. The average molecular weight is 402 g/mol. The Bertz CT molecular complexity index is 1230. The highest BCUT2D eigenvalue weighted by atomic mass is 16.5. The topological polar surface area (TPSA) is 105 Å². The number of aromatic nitrogens is 2. The van der Waals surface area contributed by atoms with Gasteiger partial charge in [-0.05, 0) is 54.6 Å². The predicted molar refractivity (Wildman–Crippen MR) is 111 cm³/mol. The number of ether oxygens (including phenoxy) is 1. The maximum atomic E-state index is 11.2. The lowest BCUT2D eigenvalue weighted by Crippen LogP contribution is -1.99. The van der Waals surface area contributed by atoms with Crippen LogP contribution in [0.4, 0.5) is 0 Å². The van der Waals surface area contributed by atoms with Crippen molar-refractivity contribution in [2.75, 3.05) is 7.11 Å². The Hall–Kier alpha value is -4.26. The molecule has 4 aromatic rings. The monoisotopic (exact) mass is 402 g/mol. The highest BCUT2D eigenvalue weighted by Gasteiger charge is 2.18. The van der Waals surface area contributed by atoms with Crippen molar-refractivity contribution in [1.82, 2.24) is 9.55 Å². The van der Waals surface area contributed by atoms with Gasteiger partial charge in [-0.25, -0.2) is 9.78 Å². The number of rotatable bonds is 5. The van der Waals surface area contributed by atoms with Crippen LogP contribution in [0.2, 0.25) is 0 Å². The van der Waals surface area contributed by atoms with E-state index >= 15 is 0 Å². The van der Waals surface area contributed by atoms with Crippen molar-refractivity contribution in [3.63, 3.8) is 0 Å². The lowest BCUT2D eigenvalue weighted by molar-refractivity contribution is 0.0697. The molecular formula is C23H18N2O5. The fourth-order valence-electron chi connectivity index (χ4n) is 3.17. The van der Waals surface area contributed by atoms with Crippen molar-refractivity contribution >= 4 is 5.97 Å². The number of aromatic carboxylic acids is 1. The number of hydrogen-bond acceptors (Lipinski definition) is 5. The zero-order chi connectivity index (χ0) is 21.3. The summed E-state index contributed by atoms with van der Waals surface area (Å²) in [6.07, 6.45) is 1.71. The third kappa shape index (κ3) is 3.44. The van der Waals surface area contributed by atoms with Crippen molar-refractivity contribution in [2.24, 2.45) is 0 Å². The number of para-hydroxylation sites is 1. The first kappa shape index (κ1) is 19.1. The normalized spacial score (nSPS) is 10.7. The number of imidazole rings is 1. The second kappa shape index (κ2) is 7.63. The quantitative estimate of drug-likeness (QED) is 0.459. The number of benzene rings is 3. The van der Waals surface area contributed by atoms with Crippen molar-refractivity contribution in [2.45, 2.75) is 0 Å². The lowest BCUT2D eigenvalue weighted by atomic mass is 10.1. The second-order valence-electron chi connectivity index (χ2n) is 6.57. The summed E-state index contributed by atoms with van der Waals surface area (Å²) in [5, 5.41) is 29.9. The van der Waals surface area contributed by atoms with E-state index in [0.29, 0.717) is 34.1 Å². The molecule has 0 saturated heterocycles. The van der Waals surface area contributed by atoms with E-state index in [1.165, 1.54) is 25.3 Å². The standard InChI is InChI=1S/C23H18N2O5/c1-30-16-10-11-21(27)18(12-16)19-13-25(15-8-6-14(7-9-15)23(28)29)22(24-19)17-4-2-3-5-20(17)26/h2-13,26-27H,1H3,(H,28,29). The minimum atomic E-state index is -1.02. The van der Waals surface area contributed by atoms with Gasteiger partial charge >= 0.3 is 5.97 Å². The van der Waals surface area contributed by atoms with E-state index < -0.39 is 5.97 Å². The first-order valence-electron chi connectivity index (χ1n) is 9.07. The molecule has 7 heteroatoms. The van der Waals surface area contributed by atoms with Crippen LogP contribution in [-0.4, -0.2) is 37.9 Å². The van der Waals surface area contributed by atoms with Crippen LogP contribution < -0.4 is 4.74 Å². The minimum absolute atomic E-state index is 0.0329. The Balaban J connectivity index is 1.92. The molecule has 0 aliphatic rings. The molecule has 0 bridgehead atoms. The first-order valence-corrected chi connectivity index (χ1v) is 9.07. The van der Waals surface area contributed by atoms with Gasteiger partial charge in [0.2, 0.25) is 0 Å². The molecular weight excluding hydrogens is 384 g/mol. The Morgan fingerprint density at radius 2 is 1.63 bits per heavy atom. The molecule has 4 rings (SSSR count). The fourth-order valence-corrected chi connectivity index (χ4v) is 3.17. The van der Waals surface area contributed by atoms with E-state index in [0.717, 1.165) is 0 Å². The average Bonchev–Trinajstić information content (AvgIpc) is 3.19. The molecule has 0 fully saturated rings. The zero-order valence-corrected chi connectivity index (χ0v) is 16.0. The Kier molecular flexibility index (Phi) is 4.85. The van der Waals surface area contributed by atoms with Crippen molar-refractivity contribution < 1.29 is 24.9 Å². The van der Waals surface area contributed by atoms with Crippen molar-refractivity contribution in [3.05, 3.63) is 78.5 Å². The lowest BCUT2D eigenvalue weighted by Gasteiger charge is -2.09. The Labute approximate surface area is 172 Å². The van der Waals surface area contributed by atoms with Gasteiger partial charge in [0, 0.05) is 17.4 Å². The third-order valence-corrected chi connectivity index (χ3v) is 4.72. The van der Waals surface area contributed by atoms with Gasteiger partial charge < -0.3 is 20.1 Å². The number of phenolic OH excluding ortho intramolecular Hbond substituents is 2. The number of hydrogen-bond donors (Lipinski definition) is 3. The molecule has 0 saturated carbocycles. The smallest absolute Gasteiger partial charge is 0.335 e. The summed E-state index contributed by atoms with van der Waals surface area (Å²) in [6.45, 7) is 0. The van der Waals surface area contributed by atoms with E-state index in [4.69, 9.17) is 9.84 Å². The van der Waals surface area contributed by atoms with Gasteiger partial charge in [-0.2, -0.15) is 0 Å². The number of methoxy groups -OCH3 is 1. The number of phenols is 2. The maximum absolute atomic E-state index is 11.2. The number of carboxylic acids is 1. The highest BCUT2D eigenvalue weighted by Crippen LogP contribution is 2.36. The van der Waals surface area contributed by atoms with Crippen LogP contribution in [0.1, 0.15) is 10.4 Å². The number of aromatic hydroxyl groups is 2. The molecule has 0 aliphatic heterocycles. The van der Waals surface area contributed by atoms with Gasteiger partial charge in [0.05, 0.1) is 23.9 Å². The minimum Gasteiger partial charge on any atom is -0.507 e. The van der Waals surface area contributed by atoms with Crippen LogP contribution in [0.15, 0.2) is 72.9 Å². The number of carboxylic acid groups (broad SMARTS) is 1. The summed E-state index contributed by atoms with van der Waals surface area (Å²) in [7, 11) is 1.53. The predicted octanol–water partition coefficient (Wildman–Crippen LogP) is 4.32. The summed E-state index contributed by atoms with van der Waals surface area (Å²) in [5.74, 6) is 0.0641. The molecule has 3 aromatic carbocycles. The summed E-state index contributed by atoms with van der Waals surface area (Å²) in [4.78, 5) is 15.8. The van der Waals surface area contributed by atoms with Gasteiger partial charge in [-0.1, -0.05) is 12.1 Å². The largest absolute Gasteiger partial charge is 0.507 e. The van der Waals surface area contributed by atoms with E-state index in [1.807, 2.05) is 0 Å². The molecule has 1 aromatic heterocycles. The molecule has 0 unspecified atom stereocenters. The highest BCUT2D eigenvalue weighted by molar-refractivity contribution is 5.87. The molecule has 0 radical (unpaired) electrons. The molecule has 3 N–H and O–H groups in total. The Morgan fingerprint density at radius 1 is 0.933 bits per heavy atom. The summed E-state index contributed by atoms with van der Waals surface area (Å²) < 4.78 is 6.98. The van der Waals surface area contributed by atoms with Crippen LogP contribution in [0.5, 0.6) is 17.2 Å². The van der Waals surface area contributed by atoms with E-state index in [2.05, 4.69) is 4.98 Å². The van der Waals surface area contributed by atoms with Gasteiger partial charge in [0.25, 0.3) is 0 Å².